The predicted molar refractivity (Wildman–Crippen MR) is 127 cm³/mol. The van der Waals surface area contributed by atoms with E-state index in [1.54, 1.807) is 18.2 Å². The average molecular weight is 496 g/mol. The topological polar surface area (TPSA) is 100 Å². The van der Waals surface area contributed by atoms with Crippen LogP contribution in [-0.4, -0.2) is 68.7 Å². The Hall–Kier alpha value is -3.19. The number of carbonyl (C=O) groups is 1. The van der Waals surface area contributed by atoms with Gasteiger partial charge in [0.1, 0.15) is 11.9 Å². The van der Waals surface area contributed by atoms with Crippen molar-refractivity contribution in [2.24, 2.45) is 0 Å². The fraction of sp³-hybridized carbons (Fsp3) is 0.400. The summed E-state index contributed by atoms with van der Waals surface area (Å²) in [7, 11) is 1.45. The zero-order valence-corrected chi connectivity index (χ0v) is 19.4. The molecule has 1 amide bonds. The van der Waals surface area contributed by atoms with Gasteiger partial charge >= 0.3 is 11.1 Å². The molecule has 1 aromatic carbocycles. The molecule has 176 valence electrons. The number of amides is 1. The lowest BCUT2D eigenvalue weighted by molar-refractivity contribution is -0.380. The molecule has 0 bridgehead atoms. The number of piperazine rings is 1. The van der Waals surface area contributed by atoms with Gasteiger partial charge in [-0.15, -0.1) is 0 Å². The Bertz CT molecular complexity index is 1060. The second-order valence-electron chi connectivity index (χ2n) is 7.47. The molecule has 13 heteroatoms. The Morgan fingerprint density at radius 1 is 1.30 bits per heavy atom. The number of halogens is 1. The molecular weight excluding hydrogens is 473 g/mol. The molecule has 0 radical (unpaired) electrons. The van der Waals surface area contributed by atoms with Gasteiger partial charge in [0, 0.05) is 32.2 Å². The molecule has 2 fully saturated rings. The number of hydrogen-bond donors (Lipinski definition) is 1. The van der Waals surface area contributed by atoms with Gasteiger partial charge in [0.2, 0.25) is 0 Å². The van der Waals surface area contributed by atoms with Crippen LogP contribution in [-0.2, 0) is 9.47 Å². The van der Waals surface area contributed by atoms with Gasteiger partial charge in [-0.1, -0.05) is 0 Å². The number of ether oxygens (including phenoxy) is 2. The summed E-state index contributed by atoms with van der Waals surface area (Å²) in [6.45, 7) is 2.95. The Morgan fingerprint density at radius 3 is 2.67 bits per heavy atom. The van der Waals surface area contributed by atoms with Gasteiger partial charge in [-0.2, -0.15) is 0 Å². The van der Waals surface area contributed by atoms with Crippen LogP contribution in [0.25, 0.3) is 0 Å². The Balaban J connectivity index is 1.36. The number of carbonyl (C=O) groups excluding carboxylic acids is 1. The predicted octanol–water partition coefficient (Wildman–Crippen LogP) is 2.97. The number of thiocarbonyl (C=S) groups is 1. The third-order valence-corrected chi connectivity index (χ3v) is 6.87. The maximum atomic E-state index is 15.0. The summed E-state index contributed by atoms with van der Waals surface area (Å²) in [5.41, 5.74) is 0.870. The van der Waals surface area contributed by atoms with E-state index in [1.807, 2.05) is 4.90 Å². The van der Waals surface area contributed by atoms with Crippen molar-refractivity contribution in [3.63, 3.8) is 0 Å². The highest BCUT2D eigenvalue weighted by Gasteiger charge is 2.33. The van der Waals surface area contributed by atoms with Crippen molar-refractivity contribution in [2.45, 2.75) is 6.10 Å². The van der Waals surface area contributed by atoms with E-state index in [2.05, 4.69) is 10.2 Å². The second-order valence-corrected chi connectivity index (χ2v) is 8.88. The number of hydrogen-bond acceptors (Lipinski definition) is 9. The normalized spacial score (nSPS) is 18.3. The van der Waals surface area contributed by atoms with E-state index in [-0.39, 0.29) is 16.7 Å². The standard InChI is InChI=1S/C20H22FN5O5S2/c1-30-19(32)22-11-14-12-25(20(27)31-14)13-2-3-16(15(21)10-13)23-6-8-24(9-7-23)17-4-5-18(33-17)26(28)29/h2-5,10,14H,6-9,11-12H2,1H3,(H,22,32)/t14-/m0/s1. The molecule has 0 spiro atoms. The fourth-order valence-electron chi connectivity index (χ4n) is 3.78. The molecular formula is C20H22FN5O5S2. The number of anilines is 3. The fourth-order valence-corrected chi connectivity index (χ4v) is 4.74. The minimum atomic E-state index is -0.545. The quantitative estimate of drug-likeness (QED) is 0.368. The van der Waals surface area contributed by atoms with Gasteiger partial charge in [0.05, 0.1) is 41.5 Å². The molecule has 0 saturated carbocycles. The third-order valence-electron chi connectivity index (χ3n) is 5.47. The zero-order chi connectivity index (χ0) is 23.5. The van der Waals surface area contributed by atoms with Gasteiger partial charge in [-0.3, -0.25) is 15.0 Å². The van der Waals surface area contributed by atoms with Crippen LogP contribution in [0.15, 0.2) is 30.3 Å². The minimum Gasteiger partial charge on any atom is -0.474 e. The van der Waals surface area contributed by atoms with E-state index in [1.165, 1.54) is 24.1 Å². The van der Waals surface area contributed by atoms with E-state index in [9.17, 15) is 19.3 Å². The molecule has 2 aromatic rings. The highest BCUT2D eigenvalue weighted by Crippen LogP contribution is 2.33. The number of benzene rings is 1. The van der Waals surface area contributed by atoms with Crippen LogP contribution in [0.3, 0.4) is 0 Å². The number of nitrogens with zero attached hydrogens (tertiary/aromatic N) is 4. The van der Waals surface area contributed by atoms with Crippen molar-refractivity contribution < 1.29 is 23.6 Å². The number of nitrogens with one attached hydrogen (secondary N) is 1. The molecule has 2 aliphatic rings. The first-order valence-electron chi connectivity index (χ1n) is 10.2. The lowest BCUT2D eigenvalue weighted by atomic mass is 10.2. The molecule has 0 unspecified atom stereocenters. The van der Waals surface area contributed by atoms with Crippen molar-refractivity contribution in [3.8, 4) is 0 Å². The molecule has 1 aromatic heterocycles. The molecule has 1 N–H and O–H groups in total. The lowest BCUT2D eigenvalue weighted by Gasteiger charge is -2.36. The highest BCUT2D eigenvalue weighted by atomic mass is 32.1. The lowest BCUT2D eigenvalue weighted by Crippen LogP contribution is -2.46. The number of methoxy groups -OCH3 is 1. The number of nitro groups is 1. The molecule has 33 heavy (non-hydrogen) atoms. The monoisotopic (exact) mass is 495 g/mol. The highest BCUT2D eigenvalue weighted by molar-refractivity contribution is 7.80. The number of rotatable bonds is 6. The average Bonchev–Trinajstić information content (AvgIpc) is 3.45. The van der Waals surface area contributed by atoms with Crippen molar-refractivity contribution in [2.75, 3.05) is 61.1 Å². The van der Waals surface area contributed by atoms with Crippen LogP contribution in [0, 0.1) is 15.9 Å². The molecule has 4 rings (SSSR count). The summed E-state index contributed by atoms with van der Waals surface area (Å²) in [4.78, 5) is 28.1. The van der Waals surface area contributed by atoms with Gasteiger partial charge in [-0.05, 0) is 47.8 Å². The van der Waals surface area contributed by atoms with Crippen LogP contribution >= 0.6 is 23.6 Å². The van der Waals surface area contributed by atoms with Crippen LogP contribution < -0.4 is 20.0 Å². The van der Waals surface area contributed by atoms with E-state index >= 15 is 0 Å². The maximum Gasteiger partial charge on any atom is 0.414 e. The molecule has 0 aliphatic carbocycles. The number of cyclic esters (lactones) is 1. The van der Waals surface area contributed by atoms with Crippen molar-refractivity contribution in [1.82, 2.24) is 5.32 Å². The summed E-state index contributed by atoms with van der Waals surface area (Å²) >= 11 is 6.05. The van der Waals surface area contributed by atoms with Gasteiger partial charge in [0.15, 0.2) is 0 Å². The van der Waals surface area contributed by atoms with E-state index in [0.717, 1.165) is 16.3 Å². The SMILES string of the molecule is COC(=S)NC[C@H]1CN(c2ccc(N3CCN(c4ccc([N+](=O)[O-])s4)CC3)c(F)c2)C(=O)O1. The van der Waals surface area contributed by atoms with Gasteiger partial charge < -0.3 is 24.6 Å². The molecule has 3 heterocycles. The second kappa shape index (κ2) is 9.75. The van der Waals surface area contributed by atoms with E-state index in [4.69, 9.17) is 21.7 Å². The van der Waals surface area contributed by atoms with E-state index < -0.39 is 22.9 Å². The van der Waals surface area contributed by atoms with Gasteiger partial charge in [-0.25, -0.2) is 9.18 Å². The van der Waals surface area contributed by atoms with Crippen LogP contribution in [0.2, 0.25) is 0 Å². The summed E-state index contributed by atoms with van der Waals surface area (Å²) < 4.78 is 25.1. The molecule has 10 nitrogen and oxygen atoms in total. The largest absolute Gasteiger partial charge is 0.474 e. The van der Waals surface area contributed by atoms with Crippen molar-refractivity contribution in [1.29, 1.82) is 0 Å². The Labute approximate surface area is 198 Å². The molecule has 2 saturated heterocycles. The van der Waals surface area contributed by atoms with Crippen LogP contribution in [0.4, 0.5) is 30.6 Å². The van der Waals surface area contributed by atoms with Crippen LogP contribution in [0.1, 0.15) is 0 Å². The smallest absolute Gasteiger partial charge is 0.414 e. The van der Waals surface area contributed by atoms with Gasteiger partial charge in [0.25, 0.3) is 5.17 Å². The zero-order valence-electron chi connectivity index (χ0n) is 17.7. The Morgan fingerprint density at radius 2 is 2.03 bits per heavy atom. The summed E-state index contributed by atoms with van der Waals surface area (Å²) in [6, 6.07) is 7.94. The van der Waals surface area contributed by atoms with Crippen molar-refractivity contribution in [3.05, 3.63) is 46.3 Å². The number of thiophene rings is 1. The van der Waals surface area contributed by atoms with Crippen molar-refractivity contribution >= 4 is 56.2 Å². The first kappa shape index (κ1) is 23.0. The maximum absolute atomic E-state index is 15.0. The molecule has 1 atom stereocenters. The summed E-state index contributed by atoms with van der Waals surface area (Å²) in [5, 5.41) is 14.9. The summed E-state index contributed by atoms with van der Waals surface area (Å²) in [5.74, 6) is -0.428. The summed E-state index contributed by atoms with van der Waals surface area (Å²) in [6.07, 6.45) is -0.981. The molecule has 2 aliphatic heterocycles. The Kier molecular flexibility index (Phi) is 6.79. The minimum absolute atomic E-state index is 0.105. The first-order valence-corrected chi connectivity index (χ1v) is 11.4. The van der Waals surface area contributed by atoms with Crippen LogP contribution in [0.5, 0.6) is 0 Å². The third kappa shape index (κ3) is 5.09. The first-order chi connectivity index (χ1) is 15.9. The van der Waals surface area contributed by atoms with E-state index in [0.29, 0.717) is 44.1 Å².